The highest BCUT2D eigenvalue weighted by molar-refractivity contribution is 5.90. The Morgan fingerprint density at radius 3 is 2.58 bits per heavy atom. The predicted octanol–water partition coefficient (Wildman–Crippen LogP) is 5.57. The molecule has 0 spiro atoms. The van der Waals surface area contributed by atoms with E-state index in [9.17, 15) is 14.7 Å². The number of phenols is 1. The molecule has 36 heavy (non-hydrogen) atoms. The van der Waals surface area contributed by atoms with Crippen molar-refractivity contribution in [2.24, 2.45) is 0 Å². The molecule has 5 rings (SSSR count). The van der Waals surface area contributed by atoms with Gasteiger partial charge in [-0.15, -0.1) is 0 Å². The fourth-order valence-corrected chi connectivity index (χ4v) is 4.40. The van der Waals surface area contributed by atoms with Crippen LogP contribution in [-0.2, 0) is 4.79 Å². The Balaban J connectivity index is 1.65. The summed E-state index contributed by atoms with van der Waals surface area (Å²) in [7, 11) is 1.56. The van der Waals surface area contributed by atoms with Crippen LogP contribution >= 0.6 is 0 Å². The first-order chi connectivity index (χ1) is 17.4. The quantitative estimate of drug-likeness (QED) is 0.217. The number of esters is 1. The van der Waals surface area contributed by atoms with Gasteiger partial charge in [-0.3, -0.25) is 9.59 Å². The zero-order valence-corrected chi connectivity index (χ0v) is 19.9. The van der Waals surface area contributed by atoms with Crippen molar-refractivity contribution in [3.8, 4) is 34.1 Å². The summed E-state index contributed by atoms with van der Waals surface area (Å²) in [5, 5.41) is 9.95. The summed E-state index contributed by atoms with van der Waals surface area (Å²) in [6.45, 7) is 6.06. The maximum absolute atomic E-state index is 13.4. The zero-order chi connectivity index (χ0) is 25.4. The summed E-state index contributed by atoms with van der Waals surface area (Å²) in [5.74, 6) is 0.732. The van der Waals surface area contributed by atoms with Crippen LogP contribution in [0.5, 0.6) is 23.0 Å². The molecule has 1 aliphatic rings. The molecule has 0 saturated heterocycles. The lowest BCUT2D eigenvalue weighted by atomic mass is 9.85. The van der Waals surface area contributed by atoms with E-state index in [4.69, 9.17) is 18.6 Å². The summed E-state index contributed by atoms with van der Waals surface area (Å²) in [5.41, 5.74) is 3.40. The molecular formula is C29H24O7. The van der Waals surface area contributed by atoms with E-state index in [1.807, 2.05) is 19.1 Å². The second-order valence-electron chi connectivity index (χ2n) is 8.77. The van der Waals surface area contributed by atoms with Crippen LogP contribution in [0.4, 0.5) is 0 Å². The first-order valence-electron chi connectivity index (χ1n) is 11.4. The summed E-state index contributed by atoms with van der Waals surface area (Å²) >= 11 is 0. The van der Waals surface area contributed by atoms with E-state index in [1.54, 1.807) is 37.4 Å². The van der Waals surface area contributed by atoms with Crippen molar-refractivity contribution >= 4 is 16.9 Å². The molecule has 0 saturated carbocycles. The van der Waals surface area contributed by atoms with Crippen molar-refractivity contribution in [1.29, 1.82) is 0 Å². The number of benzene rings is 3. The van der Waals surface area contributed by atoms with Crippen molar-refractivity contribution in [3.05, 3.63) is 94.4 Å². The largest absolute Gasteiger partial charge is 0.508 e. The minimum absolute atomic E-state index is 0.0712. The number of carbonyl (C=O) groups excluding carboxylic acids is 1. The number of fused-ring (bicyclic) bond motifs is 3. The number of methoxy groups -OCH3 is 1. The predicted molar refractivity (Wildman–Crippen MR) is 135 cm³/mol. The van der Waals surface area contributed by atoms with Crippen LogP contribution in [0.25, 0.3) is 22.1 Å². The molecule has 1 aliphatic heterocycles. The number of phenolic OH excluding ortho intramolecular Hbond substituents is 1. The van der Waals surface area contributed by atoms with Crippen LogP contribution in [0.1, 0.15) is 30.4 Å². The molecule has 0 aliphatic carbocycles. The topological polar surface area (TPSA) is 95.2 Å². The summed E-state index contributed by atoms with van der Waals surface area (Å²) < 4.78 is 22.9. The summed E-state index contributed by atoms with van der Waals surface area (Å²) in [4.78, 5) is 25.9. The fraction of sp³-hybridized carbons (Fsp3) is 0.172. The van der Waals surface area contributed by atoms with Crippen LogP contribution in [0.3, 0.4) is 0 Å². The monoisotopic (exact) mass is 484 g/mol. The third-order valence-electron chi connectivity index (χ3n) is 6.13. The molecule has 2 heterocycles. The van der Waals surface area contributed by atoms with Gasteiger partial charge in [0.05, 0.1) is 24.5 Å². The molecule has 4 aromatic rings. The molecule has 1 atom stereocenters. The highest BCUT2D eigenvalue weighted by atomic mass is 16.5. The smallest absolute Gasteiger partial charge is 0.312 e. The normalized spacial score (nSPS) is 14.7. The lowest BCUT2D eigenvalue weighted by Gasteiger charge is -2.26. The highest BCUT2D eigenvalue weighted by Gasteiger charge is 2.32. The number of carbonyl (C=O) groups is 1. The number of rotatable bonds is 6. The van der Waals surface area contributed by atoms with E-state index in [0.29, 0.717) is 51.5 Å². The maximum atomic E-state index is 13.4. The van der Waals surface area contributed by atoms with E-state index < -0.39 is 5.92 Å². The standard InChI is InChI=1S/C29H24O7/c1-16(2)14-34-25-12-18(6-10-23(25)33-3)21-13-26(31)36-24-11-9-20-28(32)22(15-35-29(20)27(21)24)17-4-7-19(30)8-5-17/h4-12,15,21,30H,1,13-14H2,2-3H3. The van der Waals surface area contributed by atoms with Gasteiger partial charge >= 0.3 is 5.97 Å². The molecule has 0 amide bonds. The van der Waals surface area contributed by atoms with E-state index in [1.165, 1.54) is 18.4 Å². The van der Waals surface area contributed by atoms with E-state index in [2.05, 4.69) is 6.58 Å². The van der Waals surface area contributed by atoms with Crippen LogP contribution in [0, 0.1) is 0 Å². The van der Waals surface area contributed by atoms with Gasteiger partial charge in [0, 0.05) is 11.5 Å². The lowest BCUT2D eigenvalue weighted by molar-refractivity contribution is -0.135. The molecule has 7 nitrogen and oxygen atoms in total. The van der Waals surface area contributed by atoms with Crippen molar-refractivity contribution < 1.29 is 28.5 Å². The minimum atomic E-state index is -0.425. The van der Waals surface area contributed by atoms with Gasteiger partial charge in [-0.25, -0.2) is 0 Å². The zero-order valence-electron chi connectivity index (χ0n) is 19.9. The molecule has 0 radical (unpaired) electrons. The second-order valence-corrected chi connectivity index (χ2v) is 8.77. The SMILES string of the molecule is C=C(C)COc1cc(C2CC(=O)Oc3ccc4c(=O)c(-c5ccc(O)cc5)coc4c32)ccc1OC. The van der Waals surface area contributed by atoms with Gasteiger partial charge in [0.2, 0.25) is 5.43 Å². The Kier molecular flexibility index (Phi) is 5.98. The van der Waals surface area contributed by atoms with Crippen LogP contribution < -0.4 is 19.6 Å². The minimum Gasteiger partial charge on any atom is -0.508 e. The van der Waals surface area contributed by atoms with Gasteiger partial charge in [-0.05, 0) is 60.0 Å². The third kappa shape index (κ3) is 4.20. The molecule has 7 heteroatoms. The Bertz CT molecular complexity index is 1550. The fourth-order valence-electron chi connectivity index (χ4n) is 4.40. The molecule has 182 valence electrons. The Morgan fingerprint density at radius 1 is 1.08 bits per heavy atom. The molecule has 1 aromatic heterocycles. The van der Waals surface area contributed by atoms with Gasteiger partial charge in [-0.2, -0.15) is 0 Å². The number of aromatic hydroxyl groups is 1. The Hall–Kier alpha value is -4.52. The molecule has 0 fully saturated rings. The van der Waals surface area contributed by atoms with Gasteiger partial charge in [-0.1, -0.05) is 24.8 Å². The van der Waals surface area contributed by atoms with Gasteiger partial charge in [0.25, 0.3) is 0 Å². The van der Waals surface area contributed by atoms with E-state index in [0.717, 1.165) is 11.1 Å². The number of hydrogen-bond donors (Lipinski definition) is 1. The lowest BCUT2D eigenvalue weighted by Crippen LogP contribution is -2.22. The van der Waals surface area contributed by atoms with Gasteiger partial charge < -0.3 is 23.7 Å². The maximum Gasteiger partial charge on any atom is 0.312 e. The van der Waals surface area contributed by atoms with E-state index >= 15 is 0 Å². The van der Waals surface area contributed by atoms with Crippen molar-refractivity contribution in [1.82, 2.24) is 0 Å². The molecule has 0 bridgehead atoms. The van der Waals surface area contributed by atoms with Crippen molar-refractivity contribution in [2.75, 3.05) is 13.7 Å². The average molecular weight is 485 g/mol. The van der Waals surface area contributed by atoms with Crippen molar-refractivity contribution in [3.63, 3.8) is 0 Å². The van der Waals surface area contributed by atoms with Crippen LogP contribution in [0.15, 0.2) is 82.2 Å². The van der Waals surface area contributed by atoms with E-state index in [-0.39, 0.29) is 23.6 Å². The molecule has 1 unspecified atom stereocenters. The summed E-state index contributed by atoms with van der Waals surface area (Å²) in [6.07, 6.45) is 1.47. The molecule has 1 N–H and O–H groups in total. The average Bonchev–Trinajstić information content (AvgIpc) is 2.87. The van der Waals surface area contributed by atoms with Crippen LogP contribution in [-0.4, -0.2) is 24.8 Å². The highest BCUT2D eigenvalue weighted by Crippen LogP contribution is 2.44. The third-order valence-corrected chi connectivity index (χ3v) is 6.13. The molecule has 3 aromatic carbocycles. The Labute approximate surface area is 207 Å². The number of ether oxygens (including phenoxy) is 3. The Morgan fingerprint density at radius 2 is 1.86 bits per heavy atom. The first-order valence-corrected chi connectivity index (χ1v) is 11.4. The van der Waals surface area contributed by atoms with Crippen LogP contribution in [0.2, 0.25) is 0 Å². The molecular weight excluding hydrogens is 460 g/mol. The summed E-state index contributed by atoms with van der Waals surface area (Å²) in [6, 6.07) is 15.0. The van der Waals surface area contributed by atoms with Gasteiger partial charge in [0.15, 0.2) is 11.5 Å². The van der Waals surface area contributed by atoms with Crippen molar-refractivity contribution in [2.45, 2.75) is 19.3 Å². The first kappa shape index (κ1) is 23.2. The number of hydrogen-bond acceptors (Lipinski definition) is 7. The second kappa shape index (κ2) is 9.26. The van der Waals surface area contributed by atoms with Gasteiger partial charge in [0.1, 0.15) is 30.0 Å².